The SMILES string of the molecule is CCCCC/C=C/C#CCCC(=O)OC. The van der Waals surface area contributed by atoms with Crippen LogP contribution in [0.2, 0.25) is 0 Å². The summed E-state index contributed by atoms with van der Waals surface area (Å²) in [5.41, 5.74) is 0. The Labute approximate surface area is 92.7 Å². The number of carbonyl (C=O) groups excluding carboxylic acids is 1. The second-order valence-electron chi connectivity index (χ2n) is 3.30. The highest BCUT2D eigenvalue weighted by Crippen LogP contribution is 1.98. The summed E-state index contributed by atoms with van der Waals surface area (Å²) in [6.07, 6.45) is 9.77. The highest BCUT2D eigenvalue weighted by Gasteiger charge is 1.94. The first-order valence-corrected chi connectivity index (χ1v) is 5.51. The maximum Gasteiger partial charge on any atom is 0.306 e. The molecule has 0 saturated carbocycles. The van der Waals surface area contributed by atoms with Crippen molar-refractivity contribution in [2.24, 2.45) is 0 Å². The molecule has 84 valence electrons. The minimum atomic E-state index is -0.198. The third-order valence-corrected chi connectivity index (χ3v) is 1.96. The maximum atomic E-state index is 10.7. The lowest BCUT2D eigenvalue weighted by Gasteiger charge is -1.91. The van der Waals surface area contributed by atoms with Gasteiger partial charge < -0.3 is 4.74 Å². The van der Waals surface area contributed by atoms with E-state index >= 15 is 0 Å². The third kappa shape index (κ3) is 10.7. The molecule has 0 spiro atoms. The number of methoxy groups -OCH3 is 1. The number of hydrogen-bond donors (Lipinski definition) is 0. The van der Waals surface area contributed by atoms with Crippen LogP contribution < -0.4 is 0 Å². The van der Waals surface area contributed by atoms with E-state index in [0.717, 1.165) is 6.42 Å². The summed E-state index contributed by atoms with van der Waals surface area (Å²) in [4.78, 5) is 10.7. The van der Waals surface area contributed by atoms with E-state index in [1.54, 1.807) is 0 Å². The van der Waals surface area contributed by atoms with E-state index in [1.807, 2.05) is 6.08 Å². The largest absolute Gasteiger partial charge is 0.469 e. The number of carbonyl (C=O) groups is 1. The number of allylic oxidation sites excluding steroid dienone is 2. The Balaban J connectivity index is 3.40. The quantitative estimate of drug-likeness (QED) is 0.381. The average molecular weight is 208 g/mol. The summed E-state index contributed by atoms with van der Waals surface area (Å²) in [6, 6.07) is 0. The van der Waals surface area contributed by atoms with Gasteiger partial charge in [0.1, 0.15) is 0 Å². The molecule has 0 radical (unpaired) electrons. The van der Waals surface area contributed by atoms with Crippen molar-refractivity contribution < 1.29 is 9.53 Å². The summed E-state index contributed by atoms with van der Waals surface area (Å²) in [5, 5.41) is 0. The lowest BCUT2D eigenvalue weighted by Crippen LogP contribution is -1.97. The standard InChI is InChI=1S/C13H20O2/c1-3-4-5-6-7-8-9-10-11-12-13(14)15-2/h7-8H,3-6,11-12H2,1-2H3/b8-7+. The molecule has 0 unspecified atom stereocenters. The van der Waals surface area contributed by atoms with Crippen molar-refractivity contribution in [2.75, 3.05) is 7.11 Å². The average Bonchev–Trinajstić information content (AvgIpc) is 2.26. The van der Waals surface area contributed by atoms with Crippen molar-refractivity contribution in [3.8, 4) is 11.8 Å². The first-order valence-electron chi connectivity index (χ1n) is 5.51. The van der Waals surface area contributed by atoms with E-state index in [1.165, 1.54) is 26.4 Å². The highest BCUT2D eigenvalue weighted by atomic mass is 16.5. The lowest BCUT2D eigenvalue weighted by atomic mass is 10.2. The van der Waals surface area contributed by atoms with Crippen molar-refractivity contribution in [3.63, 3.8) is 0 Å². The van der Waals surface area contributed by atoms with Gasteiger partial charge in [0.25, 0.3) is 0 Å². The van der Waals surface area contributed by atoms with Gasteiger partial charge >= 0.3 is 5.97 Å². The van der Waals surface area contributed by atoms with Gasteiger partial charge in [-0.25, -0.2) is 0 Å². The van der Waals surface area contributed by atoms with Crippen LogP contribution in [-0.4, -0.2) is 13.1 Å². The predicted molar refractivity (Wildman–Crippen MR) is 62.3 cm³/mol. The lowest BCUT2D eigenvalue weighted by molar-refractivity contribution is -0.140. The van der Waals surface area contributed by atoms with Gasteiger partial charge in [-0.3, -0.25) is 4.79 Å². The number of esters is 1. The number of ether oxygens (including phenoxy) is 1. The van der Waals surface area contributed by atoms with Crippen molar-refractivity contribution >= 4 is 5.97 Å². The van der Waals surface area contributed by atoms with Crippen LogP contribution in [-0.2, 0) is 9.53 Å². The normalized spacial score (nSPS) is 9.73. The molecule has 2 heteroatoms. The molecule has 0 aromatic heterocycles. The van der Waals surface area contributed by atoms with Crippen LogP contribution in [0.3, 0.4) is 0 Å². The zero-order valence-corrected chi connectivity index (χ0v) is 9.71. The van der Waals surface area contributed by atoms with Gasteiger partial charge in [0.2, 0.25) is 0 Å². The molecule has 0 saturated heterocycles. The summed E-state index contributed by atoms with van der Waals surface area (Å²) in [6.45, 7) is 2.19. The molecule has 2 nitrogen and oxygen atoms in total. The summed E-state index contributed by atoms with van der Waals surface area (Å²) < 4.78 is 4.50. The molecule has 0 fully saturated rings. The second-order valence-corrected chi connectivity index (χ2v) is 3.30. The topological polar surface area (TPSA) is 26.3 Å². The van der Waals surface area contributed by atoms with Crippen LogP contribution >= 0.6 is 0 Å². The van der Waals surface area contributed by atoms with E-state index in [-0.39, 0.29) is 5.97 Å². The molecule has 0 bridgehead atoms. The van der Waals surface area contributed by atoms with Crippen LogP contribution in [0.1, 0.15) is 45.4 Å². The minimum Gasteiger partial charge on any atom is -0.469 e. The van der Waals surface area contributed by atoms with Gasteiger partial charge in [0.15, 0.2) is 0 Å². The third-order valence-electron chi connectivity index (χ3n) is 1.96. The van der Waals surface area contributed by atoms with Gasteiger partial charge in [-0.05, 0) is 18.9 Å². The van der Waals surface area contributed by atoms with E-state index in [9.17, 15) is 4.79 Å². The Bertz CT molecular complexity index is 243. The first-order chi connectivity index (χ1) is 7.31. The maximum absolute atomic E-state index is 10.7. The fourth-order valence-electron chi connectivity index (χ4n) is 1.05. The molecule has 0 heterocycles. The van der Waals surface area contributed by atoms with Crippen LogP contribution in [0.15, 0.2) is 12.2 Å². The predicted octanol–water partition coefficient (Wildman–Crippen LogP) is 3.08. The van der Waals surface area contributed by atoms with Gasteiger partial charge in [-0.1, -0.05) is 37.7 Å². The molecular formula is C13H20O2. The molecule has 0 rings (SSSR count). The molecule has 0 aliphatic carbocycles. The Hall–Kier alpha value is -1.23. The van der Waals surface area contributed by atoms with Gasteiger partial charge in [-0.2, -0.15) is 0 Å². The van der Waals surface area contributed by atoms with Gasteiger partial charge in [0.05, 0.1) is 13.5 Å². The van der Waals surface area contributed by atoms with Crippen LogP contribution in [0.4, 0.5) is 0 Å². The zero-order valence-electron chi connectivity index (χ0n) is 9.71. The summed E-state index contributed by atoms with van der Waals surface area (Å²) >= 11 is 0. The van der Waals surface area contributed by atoms with Crippen molar-refractivity contribution in [2.45, 2.75) is 45.4 Å². The van der Waals surface area contributed by atoms with Crippen LogP contribution in [0, 0.1) is 11.8 Å². The number of unbranched alkanes of at least 4 members (excludes halogenated alkanes) is 3. The van der Waals surface area contributed by atoms with E-state index in [4.69, 9.17) is 0 Å². The van der Waals surface area contributed by atoms with Crippen molar-refractivity contribution in [1.29, 1.82) is 0 Å². The van der Waals surface area contributed by atoms with Gasteiger partial charge in [-0.15, -0.1) is 0 Å². The van der Waals surface area contributed by atoms with E-state index < -0.39 is 0 Å². The van der Waals surface area contributed by atoms with E-state index in [2.05, 4.69) is 29.6 Å². The monoisotopic (exact) mass is 208 g/mol. The molecular weight excluding hydrogens is 188 g/mol. The van der Waals surface area contributed by atoms with Crippen molar-refractivity contribution in [1.82, 2.24) is 0 Å². The number of hydrogen-bond acceptors (Lipinski definition) is 2. The van der Waals surface area contributed by atoms with Crippen molar-refractivity contribution in [3.05, 3.63) is 12.2 Å². The molecule has 0 aliphatic heterocycles. The highest BCUT2D eigenvalue weighted by molar-refractivity contribution is 5.69. The summed E-state index contributed by atoms with van der Waals surface area (Å²) in [7, 11) is 1.39. The molecule has 0 aromatic carbocycles. The Kier molecular flexibility index (Phi) is 9.96. The molecule has 0 aliphatic rings. The smallest absolute Gasteiger partial charge is 0.306 e. The molecule has 0 N–H and O–H groups in total. The second kappa shape index (κ2) is 10.8. The zero-order chi connectivity index (χ0) is 11.4. The van der Waals surface area contributed by atoms with Crippen LogP contribution in [0.5, 0.6) is 0 Å². The molecule has 0 atom stereocenters. The summed E-state index contributed by atoms with van der Waals surface area (Å²) in [5.74, 6) is 5.61. The molecule has 0 aromatic rings. The minimum absolute atomic E-state index is 0.198. The fourth-order valence-corrected chi connectivity index (χ4v) is 1.05. The molecule has 15 heavy (non-hydrogen) atoms. The Morgan fingerprint density at radius 1 is 1.40 bits per heavy atom. The Morgan fingerprint density at radius 2 is 2.20 bits per heavy atom. The Morgan fingerprint density at radius 3 is 2.87 bits per heavy atom. The van der Waals surface area contributed by atoms with Crippen LogP contribution in [0.25, 0.3) is 0 Å². The fraction of sp³-hybridized carbons (Fsp3) is 0.615. The number of rotatable bonds is 6. The molecule has 0 amide bonds. The first kappa shape index (κ1) is 13.8. The van der Waals surface area contributed by atoms with Gasteiger partial charge in [0, 0.05) is 6.42 Å². The van der Waals surface area contributed by atoms with E-state index in [0.29, 0.717) is 12.8 Å².